The standard InChI is InChI=1S/C11H6ClNO/c12-11-9-6-5-7-3-1-2-4-8(7)10(9)14-13-11/h1-6H. The molecule has 1 aromatic heterocycles. The fraction of sp³-hybridized carbons (Fsp3) is 0. The third-order valence-electron chi connectivity index (χ3n) is 2.32. The summed E-state index contributed by atoms with van der Waals surface area (Å²) >= 11 is 5.87. The molecule has 0 aliphatic carbocycles. The van der Waals surface area contributed by atoms with Crippen LogP contribution >= 0.6 is 11.6 Å². The maximum absolute atomic E-state index is 5.87. The topological polar surface area (TPSA) is 26.0 Å². The van der Waals surface area contributed by atoms with E-state index in [9.17, 15) is 0 Å². The summed E-state index contributed by atoms with van der Waals surface area (Å²) in [7, 11) is 0. The Hall–Kier alpha value is -1.54. The summed E-state index contributed by atoms with van der Waals surface area (Å²) in [5, 5.41) is 7.20. The van der Waals surface area contributed by atoms with E-state index in [0.29, 0.717) is 5.15 Å². The van der Waals surface area contributed by atoms with E-state index in [1.807, 2.05) is 36.4 Å². The van der Waals surface area contributed by atoms with Gasteiger partial charge in [-0.15, -0.1) is 0 Å². The molecule has 0 saturated heterocycles. The Morgan fingerprint density at radius 3 is 2.79 bits per heavy atom. The molecule has 1 heterocycles. The van der Waals surface area contributed by atoms with Crippen molar-refractivity contribution in [2.45, 2.75) is 0 Å². The Morgan fingerprint density at radius 2 is 1.86 bits per heavy atom. The second kappa shape index (κ2) is 2.72. The van der Waals surface area contributed by atoms with E-state index >= 15 is 0 Å². The van der Waals surface area contributed by atoms with Gasteiger partial charge in [0.15, 0.2) is 10.7 Å². The van der Waals surface area contributed by atoms with Gasteiger partial charge < -0.3 is 4.52 Å². The number of nitrogens with zero attached hydrogens (tertiary/aromatic N) is 1. The lowest BCUT2D eigenvalue weighted by molar-refractivity contribution is 0.459. The number of fused-ring (bicyclic) bond motifs is 3. The van der Waals surface area contributed by atoms with E-state index in [-0.39, 0.29) is 0 Å². The van der Waals surface area contributed by atoms with Crippen LogP contribution in [0.4, 0.5) is 0 Å². The van der Waals surface area contributed by atoms with Crippen molar-refractivity contribution in [1.29, 1.82) is 0 Å². The van der Waals surface area contributed by atoms with E-state index in [0.717, 1.165) is 21.7 Å². The van der Waals surface area contributed by atoms with Crippen LogP contribution in [-0.4, -0.2) is 5.16 Å². The fourth-order valence-corrected chi connectivity index (χ4v) is 1.82. The van der Waals surface area contributed by atoms with Crippen molar-refractivity contribution in [3.05, 3.63) is 41.6 Å². The van der Waals surface area contributed by atoms with Gasteiger partial charge in [0, 0.05) is 5.39 Å². The van der Waals surface area contributed by atoms with Crippen LogP contribution < -0.4 is 0 Å². The molecule has 0 fully saturated rings. The average Bonchev–Trinajstić information content (AvgIpc) is 2.61. The summed E-state index contributed by atoms with van der Waals surface area (Å²) in [4.78, 5) is 0. The number of hydrogen-bond acceptors (Lipinski definition) is 2. The normalized spacial score (nSPS) is 11.2. The second-order valence-electron chi connectivity index (χ2n) is 3.14. The SMILES string of the molecule is Clc1noc2c1ccc1ccccc12. The van der Waals surface area contributed by atoms with E-state index in [1.165, 1.54) is 0 Å². The third-order valence-corrected chi connectivity index (χ3v) is 2.59. The predicted molar refractivity (Wildman–Crippen MR) is 56.5 cm³/mol. The zero-order chi connectivity index (χ0) is 9.54. The van der Waals surface area contributed by atoms with Crippen molar-refractivity contribution in [2.24, 2.45) is 0 Å². The zero-order valence-electron chi connectivity index (χ0n) is 7.20. The van der Waals surface area contributed by atoms with Crippen molar-refractivity contribution in [3.63, 3.8) is 0 Å². The van der Waals surface area contributed by atoms with Crippen molar-refractivity contribution in [2.75, 3.05) is 0 Å². The molecule has 3 aromatic rings. The molecule has 0 aliphatic heterocycles. The molecule has 2 aromatic carbocycles. The van der Waals surface area contributed by atoms with Crippen LogP contribution in [-0.2, 0) is 0 Å². The molecule has 0 amide bonds. The molecule has 3 heteroatoms. The van der Waals surface area contributed by atoms with E-state index < -0.39 is 0 Å². The van der Waals surface area contributed by atoms with Crippen molar-refractivity contribution in [1.82, 2.24) is 5.16 Å². The first-order chi connectivity index (χ1) is 6.86. The molecule has 0 radical (unpaired) electrons. The first-order valence-corrected chi connectivity index (χ1v) is 4.67. The van der Waals surface area contributed by atoms with Crippen molar-refractivity contribution < 1.29 is 4.52 Å². The maximum Gasteiger partial charge on any atom is 0.180 e. The molecule has 14 heavy (non-hydrogen) atoms. The smallest absolute Gasteiger partial charge is 0.180 e. The summed E-state index contributed by atoms with van der Waals surface area (Å²) in [5.74, 6) is 0. The lowest BCUT2D eigenvalue weighted by Gasteiger charge is -1.95. The number of aromatic nitrogens is 1. The Kier molecular flexibility index (Phi) is 1.52. The fourth-order valence-electron chi connectivity index (χ4n) is 1.64. The van der Waals surface area contributed by atoms with Gasteiger partial charge >= 0.3 is 0 Å². The third kappa shape index (κ3) is 0.946. The summed E-state index contributed by atoms with van der Waals surface area (Å²) in [6, 6.07) is 11.9. The zero-order valence-corrected chi connectivity index (χ0v) is 7.95. The van der Waals surface area contributed by atoms with Crippen molar-refractivity contribution >= 4 is 33.3 Å². The van der Waals surface area contributed by atoms with Crippen molar-refractivity contribution in [3.8, 4) is 0 Å². The molecule has 0 unspecified atom stereocenters. The maximum atomic E-state index is 5.87. The lowest BCUT2D eigenvalue weighted by atomic mass is 10.1. The first kappa shape index (κ1) is 7.83. The van der Waals surface area contributed by atoms with Crippen LogP contribution in [0.5, 0.6) is 0 Å². The molecule has 0 bridgehead atoms. The molecule has 68 valence electrons. The summed E-state index contributed by atoms with van der Waals surface area (Å²) in [6.07, 6.45) is 0. The van der Waals surface area contributed by atoms with Crippen LogP contribution in [0.25, 0.3) is 21.7 Å². The molecule has 0 saturated carbocycles. The number of hydrogen-bond donors (Lipinski definition) is 0. The molecule has 2 nitrogen and oxygen atoms in total. The van der Waals surface area contributed by atoms with Gasteiger partial charge in [0.1, 0.15) is 0 Å². The Morgan fingerprint density at radius 1 is 1.00 bits per heavy atom. The molecular weight excluding hydrogens is 198 g/mol. The minimum atomic E-state index is 0.422. The summed E-state index contributed by atoms with van der Waals surface area (Å²) in [6.45, 7) is 0. The van der Waals surface area contributed by atoms with Gasteiger partial charge in [0.05, 0.1) is 5.39 Å². The van der Waals surface area contributed by atoms with Crippen LogP contribution in [0, 0.1) is 0 Å². The van der Waals surface area contributed by atoms with Crippen LogP contribution in [0.2, 0.25) is 5.15 Å². The van der Waals surface area contributed by atoms with Gasteiger partial charge in [0.25, 0.3) is 0 Å². The number of halogens is 1. The number of benzene rings is 2. The second-order valence-corrected chi connectivity index (χ2v) is 3.49. The summed E-state index contributed by atoms with van der Waals surface area (Å²) in [5.41, 5.74) is 0.758. The van der Waals surface area contributed by atoms with Gasteiger partial charge in [-0.25, -0.2) is 0 Å². The van der Waals surface area contributed by atoms with Gasteiger partial charge in [-0.05, 0) is 11.5 Å². The lowest BCUT2D eigenvalue weighted by Crippen LogP contribution is -1.72. The average molecular weight is 204 g/mol. The van der Waals surface area contributed by atoms with Gasteiger partial charge in [-0.2, -0.15) is 0 Å². The Labute approximate surface area is 85.1 Å². The predicted octanol–water partition coefficient (Wildman–Crippen LogP) is 3.63. The number of rotatable bonds is 0. The van der Waals surface area contributed by atoms with Crippen LogP contribution in [0.3, 0.4) is 0 Å². The Balaban J connectivity index is 2.61. The highest BCUT2D eigenvalue weighted by molar-refractivity contribution is 6.34. The quantitative estimate of drug-likeness (QED) is 0.558. The highest BCUT2D eigenvalue weighted by atomic mass is 35.5. The van der Waals surface area contributed by atoms with Gasteiger partial charge in [-0.1, -0.05) is 47.1 Å². The van der Waals surface area contributed by atoms with Crippen LogP contribution in [0.15, 0.2) is 40.9 Å². The minimum Gasteiger partial charge on any atom is -0.354 e. The molecule has 0 N–H and O–H groups in total. The van der Waals surface area contributed by atoms with Gasteiger partial charge in [0.2, 0.25) is 0 Å². The van der Waals surface area contributed by atoms with E-state index in [2.05, 4.69) is 5.16 Å². The molecule has 0 spiro atoms. The first-order valence-electron chi connectivity index (χ1n) is 4.29. The Bertz CT molecular complexity index is 615. The van der Waals surface area contributed by atoms with Gasteiger partial charge in [-0.3, -0.25) is 0 Å². The molecule has 3 rings (SSSR count). The molecule has 0 atom stereocenters. The minimum absolute atomic E-state index is 0.422. The highest BCUT2D eigenvalue weighted by Gasteiger charge is 2.08. The molecular formula is C11H6ClNO. The highest BCUT2D eigenvalue weighted by Crippen LogP contribution is 2.29. The summed E-state index contributed by atoms with van der Waals surface area (Å²) < 4.78 is 5.18. The van der Waals surface area contributed by atoms with Crippen LogP contribution in [0.1, 0.15) is 0 Å². The largest absolute Gasteiger partial charge is 0.354 e. The molecule has 0 aliphatic rings. The van der Waals surface area contributed by atoms with E-state index in [1.54, 1.807) is 0 Å². The monoisotopic (exact) mass is 203 g/mol. The van der Waals surface area contributed by atoms with E-state index in [4.69, 9.17) is 16.1 Å².